The van der Waals surface area contributed by atoms with Crippen LogP contribution in [-0.4, -0.2) is 18.7 Å². The van der Waals surface area contributed by atoms with E-state index in [0.717, 1.165) is 0 Å². The summed E-state index contributed by atoms with van der Waals surface area (Å²) in [7, 11) is 0. The molecule has 6 nitrogen and oxygen atoms in total. The molecule has 0 radical (unpaired) electrons. The second-order valence-corrected chi connectivity index (χ2v) is 3.81. The van der Waals surface area contributed by atoms with Crippen LogP contribution in [0.1, 0.15) is 11.6 Å². The maximum Gasteiger partial charge on any atom is 0.586 e. The van der Waals surface area contributed by atoms with Crippen LogP contribution in [0, 0.1) is 16.7 Å². The molecule has 0 saturated heterocycles. The molecule has 20 heavy (non-hydrogen) atoms. The number of benzene rings is 1. The molecule has 1 heterocycles. The Morgan fingerprint density at radius 3 is 2.80 bits per heavy atom. The topological polar surface area (TPSA) is 104 Å². The predicted molar refractivity (Wildman–Crippen MR) is 71.2 cm³/mol. The third kappa shape index (κ3) is 3.34. The maximum atomic E-state index is 13.0. The van der Waals surface area contributed by atoms with Crippen LogP contribution in [0.2, 0.25) is 0 Å². The second-order valence-electron chi connectivity index (χ2n) is 3.81. The molecular weight excluding hydrogens is 338 g/mol. The van der Waals surface area contributed by atoms with E-state index >= 15 is 0 Å². The van der Waals surface area contributed by atoms with Gasteiger partial charge in [-0.2, -0.15) is 5.26 Å². The molecule has 1 atom stereocenters. The Labute approximate surface area is 123 Å². The van der Waals surface area contributed by atoms with Gasteiger partial charge in [-0.15, -0.1) is 25.8 Å². The number of alkyl halides is 2. The molecule has 0 aromatic heterocycles. The van der Waals surface area contributed by atoms with E-state index in [0.29, 0.717) is 0 Å². The average molecular weight is 349 g/mol. The fourth-order valence-electron chi connectivity index (χ4n) is 1.65. The van der Waals surface area contributed by atoms with Crippen molar-refractivity contribution in [2.75, 3.05) is 6.54 Å². The number of nitriles is 1. The van der Waals surface area contributed by atoms with E-state index in [-0.39, 0.29) is 46.4 Å². The van der Waals surface area contributed by atoms with Crippen molar-refractivity contribution in [2.24, 2.45) is 5.73 Å². The van der Waals surface area contributed by atoms with Crippen molar-refractivity contribution in [1.82, 2.24) is 5.32 Å². The third-order valence-corrected chi connectivity index (χ3v) is 2.40. The van der Waals surface area contributed by atoms with Gasteiger partial charge in [0.2, 0.25) is 0 Å². The molecule has 0 fully saturated rings. The average Bonchev–Trinajstić information content (AvgIpc) is 2.64. The van der Waals surface area contributed by atoms with Crippen molar-refractivity contribution in [1.29, 1.82) is 10.7 Å². The Morgan fingerprint density at radius 2 is 2.20 bits per heavy atom. The number of ether oxygens (including phenoxy) is 2. The number of para-hydroxylation sites is 1. The molecule has 1 aliphatic rings. The molecule has 0 amide bonds. The van der Waals surface area contributed by atoms with Crippen LogP contribution in [0.25, 0.3) is 0 Å². The highest BCUT2D eigenvalue weighted by molar-refractivity contribution is 8.93. The van der Waals surface area contributed by atoms with Gasteiger partial charge in [0, 0.05) is 5.56 Å². The molecule has 0 aliphatic carbocycles. The first kappa shape index (κ1) is 16.1. The van der Waals surface area contributed by atoms with Gasteiger partial charge < -0.3 is 15.2 Å². The van der Waals surface area contributed by atoms with E-state index in [1.54, 1.807) is 0 Å². The van der Waals surface area contributed by atoms with Gasteiger partial charge in [0.05, 0.1) is 12.6 Å². The summed E-state index contributed by atoms with van der Waals surface area (Å²) in [6.07, 6.45) is -3.74. The lowest BCUT2D eigenvalue weighted by atomic mass is 10.1. The zero-order valence-electron chi connectivity index (χ0n) is 10.0. The summed E-state index contributed by atoms with van der Waals surface area (Å²) < 4.78 is 34.7. The van der Waals surface area contributed by atoms with Crippen LogP contribution in [0.4, 0.5) is 8.78 Å². The number of fused-ring (bicyclic) bond motifs is 1. The first-order chi connectivity index (χ1) is 8.93. The minimum Gasteiger partial charge on any atom is -0.395 e. The molecule has 1 aromatic carbocycles. The van der Waals surface area contributed by atoms with E-state index in [2.05, 4.69) is 14.8 Å². The summed E-state index contributed by atoms with van der Waals surface area (Å²) in [4.78, 5) is 0. The molecule has 1 aliphatic heterocycles. The smallest absolute Gasteiger partial charge is 0.395 e. The largest absolute Gasteiger partial charge is 0.586 e. The molecule has 108 valence electrons. The molecular formula is C11H11BrF2N4O2. The standard InChI is InChI=1S/C11H10F2N4O2.BrH/c12-11(13)18-8-3-1-2-6(10(8)19-11)7(4-14)17-5-9(15)16;/h1-3,7,17H,5H2,(H3,15,16);1H. The lowest BCUT2D eigenvalue weighted by molar-refractivity contribution is -0.287. The van der Waals surface area contributed by atoms with Gasteiger partial charge in [0.25, 0.3) is 0 Å². The Balaban J connectivity index is 0.00000200. The molecule has 4 N–H and O–H groups in total. The molecule has 1 aromatic rings. The number of rotatable bonds is 4. The van der Waals surface area contributed by atoms with Crippen LogP contribution in [-0.2, 0) is 0 Å². The fourth-order valence-corrected chi connectivity index (χ4v) is 1.65. The molecule has 0 bridgehead atoms. The molecule has 2 rings (SSSR count). The van der Waals surface area contributed by atoms with Crippen LogP contribution in [0.3, 0.4) is 0 Å². The highest BCUT2D eigenvalue weighted by atomic mass is 79.9. The predicted octanol–water partition coefficient (Wildman–Crippen LogP) is 1.68. The van der Waals surface area contributed by atoms with Gasteiger partial charge in [0.1, 0.15) is 11.9 Å². The highest BCUT2D eigenvalue weighted by Gasteiger charge is 2.45. The van der Waals surface area contributed by atoms with Crippen molar-refractivity contribution < 1.29 is 18.3 Å². The fraction of sp³-hybridized carbons (Fsp3) is 0.273. The molecule has 0 saturated carbocycles. The van der Waals surface area contributed by atoms with Gasteiger partial charge in [-0.3, -0.25) is 10.7 Å². The van der Waals surface area contributed by atoms with E-state index in [4.69, 9.17) is 16.4 Å². The van der Waals surface area contributed by atoms with Crippen molar-refractivity contribution in [3.05, 3.63) is 23.8 Å². The van der Waals surface area contributed by atoms with Gasteiger partial charge in [0.15, 0.2) is 11.5 Å². The summed E-state index contributed by atoms with van der Waals surface area (Å²) in [6, 6.07) is 5.21. The first-order valence-electron chi connectivity index (χ1n) is 5.27. The summed E-state index contributed by atoms with van der Waals surface area (Å²) in [5, 5.41) is 18.8. The van der Waals surface area contributed by atoms with E-state index < -0.39 is 12.3 Å². The van der Waals surface area contributed by atoms with Gasteiger partial charge >= 0.3 is 6.29 Å². The van der Waals surface area contributed by atoms with Gasteiger partial charge in [-0.25, -0.2) is 0 Å². The maximum absolute atomic E-state index is 13.0. The van der Waals surface area contributed by atoms with Crippen molar-refractivity contribution in [2.45, 2.75) is 12.3 Å². The Bertz CT molecular complexity index is 562. The van der Waals surface area contributed by atoms with E-state index in [1.165, 1.54) is 18.2 Å². The van der Waals surface area contributed by atoms with Gasteiger partial charge in [-0.1, -0.05) is 12.1 Å². The highest BCUT2D eigenvalue weighted by Crippen LogP contribution is 2.44. The Hall–Kier alpha value is -1.92. The number of nitrogens with zero attached hydrogens (tertiary/aromatic N) is 1. The lowest BCUT2D eigenvalue weighted by Crippen LogP contribution is -2.31. The van der Waals surface area contributed by atoms with E-state index in [1.807, 2.05) is 6.07 Å². The normalized spacial score (nSPS) is 15.8. The summed E-state index contributed by atoms with van der Waals surface area (Å²) in [5.74, 6) is -0.488. The number of nitrogens with one attached hydrogen (secondary N) is 2. The molecule has 0 spiro atoms. The Morgan fingerprint density at radius 1 is 1.50 bits per heavy atom. The number of nitrogens with two attached hydrogens (primary N) is 1. The zero-order chi connectivity index (χ0) is 14.0. The van der Waals surface area contributed by atoms with Gasteiger partial charge in [-0.05, 0) is 6.07 Å². The number of hydrogen-bond acceptors (Lipinski definition) is 5. The van der Waals surface area contributed by atoms with Crippen molar-refractivity contribution in [3.63, 3.8) is 0 Å². The van der Waals surface area contributed by atoms with Crippen LogP contribution < -0.4 is 20.5 Å². The zero-order valence-corrected chi connectivity index (χ0v) is 11.7. The Kier molecular flexibility index (Phi) is 4.86. The second kappa shape index (κ2) is 6.02. The first-order valence-corrected chi connectivity index (χ1v) is 5.27. The molecule has 9 heteroatoms. The van der Waals surface area contributed by atoms with Crippen LogP contribution in [0.5, 0.6) is 11.5 Å². The summed E-state index contributed by atoms with van der Waals surface area (Å²) in [6.45, 7) is -0.0425. The number of halogens is 3. The monoisotopic (exact) mass is 348 g/mol. The SMILES string of the molecule is Br.N#CC(NCC(=N)N)c1cccc2c1OC(F)(F)O2. The minimum absolute atomic E-state index is 0. The summed E-state index contributed by atoms with van der Waals surface area (Å²) >= 11 is 0. The van der Waals surface area contributed by atoms with Crippen molar-refractivity contribution in [3.8, 4) is 17.6 Å². The number of hydrogen-bond donors (Lipinski definition) is 3. The summed E-state index contributed by atoms with van der Waals surface area (Å²) in [5.41, 5.74) is 5.37. The minimum atomic E-state index is -3.74. The number of amidine groups is 1. The van der Waals surface area contributed by atoms with Crippen LogP contribution in [0.15, 0.2) is 18.2 Å². The van der Waals surface area contributed by atoms with Crippen molar-refractivity contribution >= 4 is 22.8 Å². The quantitative estimate of drug-likeness (QED) is 0.567. The third-order valence-electron chi connectivity index (χ3n) is 2.40. The lowest BCUT2D eigenvalue weighted by Gasteiger charge is -2.13. The molecule has 1 unspecified atom stereocenters. The van der Waals surface area contributed by atoms with E-state index in [9.17, 15) is 8.78 Å². The van der Waals surface area contributed by atoms with Crippen LogP contribution >= 0.6 is 17.0 Å².